The molecule has 2 nitrogen and oxygen atoms in total. The normalized spacial score (nSPS) is 17.6. The van der Waals surface area contributed by atoms with E-state index in [1.54, 1.807) is 0 Å². The van der Waals surface area contributed by atoms with Gasteiger partial charge in [0.15, 0.2) is 5.78 Å². The maximum atomic E-state index is 12.2. The van der Waals surface area contributed by atoms with Gasteiger partial charge in [-0.1, -0.05) is 30.2 Å². The molecule has 0 amide bonds. The highest BCUT2D eigenvalue weighted by molar-refractivity contribution is 6.34. The quantitative estimate of drug-likeness (QED) is 0.778. The number of rotatable bonds is 4. The molecule has 0 bridgehead atoms. The van der Waals surface area contributed by atoms with Crippen molar-refractivity contribution in [2.24, 2.45) is 5.92 Å². The Morgan fingerprint density at radius 1 is 1.37 bits per heavy atom. The molecule has 1 aromatic rings. The van der Waals surface area contributed by atoms with Gasteiger partial charge in [0.25, 0.3) is 0 Å². The Hall–Kier alpha value is -0.860. The number of halogens is 1. The zero-order valence-corrected chi connectivity index (χ0v) is 12.5. The minimum absolute atomic E-state index is 0.160. The molecule has 2 rings (SSSR count). The fourth-order valence-corrected chi connectivity index (χ4v) is 2.76. The first kappa shape index (κ1) is 14.5. The van der Waals surface area contributed by atoms with Gasteiger partial charge in [0.05, 0.1) is 5.02 Å². The summed E-state index contributed by atoms with van der Waals surface area (Å²) in [7, 11) is 0. The van der Waals surface area contributed by atoms with E-state index in [1.807, 2.05) is 25.1 Å². The van der Waals surface area contributed by atoms with Crippen molar-refractivity contribution in [1.29, 1.82) is 0 Å². The van der Waals surface area contributed by atoms with Crippen molar-refractivity contribution in [3.8, 4) is 0 Å². The molecule has 3 heteroatoms. The zero-order valence-electron chi connectivity index (χ0n) is 11.8. The van der Waals surface area contributed by atoms with E-state index in [0.717, 1.165) is 31.1 Å². The fraction of sp³-hybridized carbons (Fsp3) is 0.562. The molecular weight excluding hydrogens is 258 g/mol. The van der Waals surface area contributed by atoms with E-state index in [2.05, 4.69) is 11.8 Å². The smallest absolute Gasteiger partial charge is 0.165 e. The molecule has 1 aromatic carbocycles. The number of piperidine rings is 1. The summed E-state index contributed by atoms with van der Waals surface area (Å²) in [5.74, 6) is 0.991. The molecule has 0 atom stereocenters. The molecule has 0 aliphatic carbocycles. The second-order valence-electron chi connectivity index (χ2n) is 5.68. The molecule has 1 fully saturated rings. The van der Waals surface area contributed by atoms with E-state index >= 15 is 0 Å². The highest BCUT2D eigenvalue weighted by Crippen LogP contribution is 2.20. The first-order valence-corrected chi connectivity index (χ1v) is 7.46. The minimum atomic E-state index is 0.160. The third-order valence-electron chi connectivity index (χ3n) is 3.95. The third-order valence-corrected chi connectivity index (χ3v) is 4.28. The zero-order chi connectivity index (χ0) is 13.8. The predicted molar refractivity (Wildman–Crippen MR) is 80.0 cm³/mol. The van der Waals surface area contributed by atoms with Crippen LogP contribution in [0.1, 0.15) is 42.1 Å². The summed E-state index contributed by atoms with van der Waals surface area (Å²) in [5, 5.41) is 0.572. The van der Waals surface area contributed by atoms with Crippen LogP contribution in [0.15, 0.2) is 18.2 Å². The van der Waals surface area contributed by atoms with Gasteiger partial charge in [-0.25, -0.2) is 0 Å². The van der Waals surface area contributed by atoms with E-state index in [0.29, 0.717) is 17.0 Å². The van der Waals surface area contributed by atoms with Crippen molar-refractivity contribution in [3.05, 3.63) is 34.3 Å². The van der Waals surface area contributed by atoms with Crippen LogP contribution in [-0.4, -0.2) is 30.3 Å². The molecule has 1 aliphatic heterocycles. The number of Topliss-reactive ketones (excluding diaryl/α,β-unsaturated/α-hetero) is 1. The first-order chi connectivity index (χ1) is 9.06. The van der Waals surface area contributed by atoms with Crippen LogP contribution in [0, 0.1) is 12.8 Å². The highest BCUT2D eigenvalue weighted by atomic mass is 35.5. The molecular formula is C16H22ClNO. The molecule has 1 heterocycles. The van der Waals surface area contributed by atoms with Gasteiger partial charge >= 0.3 is 0 Å². The molecule has 0 aromatic heterocycles. The summed E-state index contributed by atoms with van der Waals surface area (Å²) in [6.07, 6.45) is 3.07. The summed E-state index contributed by atoms with van der Waals surface area (Å²) < 4.78 is 0. The Morgan fingerprint density at radius 2 is 2.05 bits per heavy atom. The van der Waals surface area contributed by atoms with E-state index < -0.39 is 0 Å². The standard InChI is InChI=1S/C16H22ClNO/c1-12-5-8-18(9-6-12)10-7-16(19)14-11-13(2)3-4-15(14)17/h3-4,11-12H,5-10H2,1-2H3. The van der Waals surface area contributed by atoms with Crippen LogP contribution in [0.3, 0.4) is 0 Å². The van der Waals surface area contributed by atoms with Crippen LogP contribution in [-0.2, 0) is 0 Å². The lowest BCUT2D eigenvalue weighted by Gasteiger charge is -2.29. The van der Waals surface area contributed by atoms with Crippen LogP contribution in [0.5, 0.6) is 0 Å². The van der Waals surface area contributed by atoms with E-state index in [-0.39, 0.29) is 5.78 Å². The van der Waals surface area contributed by atoms with Crippen molar-refractivity contribution < 1.29 is 4.79 Å². The Bertz CT molecular complexity index is 450. The lowest BCUT2D eigenvalue weighted by atomic mass is 9.98. The topological polar surface area (TPSA) is 20.3 Å². The van der Waals surface area contributed by atoms with Gasteiger partial charge in [-0.3, -0.25) is 4.79 Å². The number of nitrogens with zero attached hydrogens (tertiary/aromatic N) is 1. The summed E-state index contributed by atoms with van der Waals surface area (Å²) in [5.41, 5.74) is 1.76. The second kappa shape index (κ2) is 6.53. The fourth-order valence-electron chi connectivity index (χ4n) is 2.53. The van der Waals surface area contributed by atoms with Crippen molar-refractivity contribution in [2.45, 2.75) is 33.1 Å². The molecule has 0 spiro atoms. The van der Waals surface area contributed by atoms with Gasteiger partial charge in [0, 0.05) is 18.5 Å². The summed E-state index contributed by atoms with van der Waals surface area (Å²) >= 11 is 6.10. The largest absolute Gasteiger partial charge is 0.303 e. The average molecular weight is 280 g/mol. The molecule has 1 saturated heterocycles. The third kappa shape index (κ3) is 4.05. The van der Waals surface area contributed by atoms with Crippen molar-refractivity contribution in [1.82, 2.24) is 4.90 Å². The SMILES string of the molecule is Cc1ccc(Cl)c(C(=O)CCN2CCC(C)CC2)c1. The van der Waals surface area contributed by atoms with E-state index in [9.17, 15) is 4.79 Å². The molecule has 19 heavy (non-hydrogen) atoms. The van der Waals surface area contributed by atoms with Gasteiger partial charge in [-0.05, 0) is 50.9 Å². The predicted octanol–water partition coefficient (Wildman–Crippen LogP) is 3.95. The van der Waals surface area contributed by atoms with E-state index in [4.69, 9.17) is 11.6 Å². The number of ketones is 1. The second-order valence-corrected chi connectivity index (χ2v) is 6.09. The van der Waals surface area contributed by atoms with Crippen LogP contribution in [0.25, 0.3) is 0 Å². The number of carbonyl (C=O) groups excluding carboxylic acids is 1. The molecule has 0 unspecified atom stereocenters. The molecule has 0 N–H and O–H groups in total. The maximum Gasteiger partial charge on any atom is 0.165 e. The van der Waals surface area contributed by atoms with Crippen LogP contribution in [0.2, 0.25) is 5.02 Å². The number of aryl methyl sites for hydroxylation is 1. The van der Waals surface area contributed by atoms with Gasteiger partial charge in [-0.2, -0.15) is 0 Å². The van der Waals surface area contributed by atoms with Crippen LogP contribution < -0.4 is 0 Å². The van der Waals surface area contributed by atoms with Crippen LogP contribution in [0.4, 0.5) is 0 Å². The number of hydrogen-bond acceptors (Lipinski definition) is 2. The summed E-state index contributed by atoms with van der Waals surface area (Å²) in [6, 6.07) is 5.64. The maximum absolute atomic E-state index is 12.2. The number of likely N-dealkylation sites (tertiary alicyclic amines) is 1. The Labute approximate surface area is 120 Å². The van der Waals surface area contributed by atoms with Gasteiger partial charge in [0.1, 0.15) is 0 Å². The van der Waals surface area contributed by atoms with Gasteiger partial charge < -0.3 is 4.90 Å². The monoisotopic (exact) mass is 279 g/mol. The number of hydrogen-bond donors (Lipinski definition) is 0. The summed E-state index contributed by atoms with van der Waals surface area (Å²) in [6.45, 7) is 7.38. The molecule has 0 radical (unpaired) electrons. The lowest BCUT2D eigenvalue weighted by molar-refractivity contribution is 0.0953. The van der Waals surface area contributed by atoms with Gasteiger partial charge in [0.2, 0.25) is 0 Å². The average Bonchev–Trinajstić information content (AvgIpc) is 2.40. The van der Waals surface area contributed by atoms with Crippen molar-refractivity contribution in [3.63, 3.8) is 0 Å². The highest BCUT2D eigenvalue weighted by Gasteiger charge is 2.17. The van der Waals surface area contributed by atoms with Crippen molar-refractivity contribution in [2.75, 3.05) is 19.6 Å². The number of carbonyl (C=O) groups is 1. The van der Waals surface area contributed by atoms with E-state index in [1.165, 1.54) is 12.8 Å². The van der Waals surface area contributed by atoms with Crippen LogP contribution >= 0.6 is 11.6 Å². The number of benzene rings is 1. The molecule has 0 saturated carbocycles. The van der Waals surface area contributed by atoms with Crippen molar-refractivity contribution >= 4 is 17.4 Å². The lowest BCUT2D eigenvalue weighted by Crippen LogP contribution is -2.34. The van der Waals surface area contributed by atoms with Gasteiger partial charge in [-0.15, -0.1) is 0 Å². The molecule has 1 aliphatic rings. The Kier molecular flexibility index (Phi) is 5.00. The first-order valence-electron chi connectivity index (χ1n) is 7.08. The minimum Gasteiger partial charge on any atom is -0.303 e. The Balaban J connectivity index is 1.89. The summed E-state index contributed by atoms with van der Waals surface area (Å²) in [4.78, 5) is 14.6. The Morgan fingerprint density at radius 3 is 2.74 bits per heavy atom. The molecule has 104 valence electrons.